The quantitative estimate of drug-likeness (QED) is 0.266. The standard InChI is InChI=1S/C21H17BrCl2N2O3/c1-3-7-29-20-11-16(22)13(9-19(20)28-4-2)8-14(12-25)21(27)26-15-5-6-17(23)18(24)10-15/h3,5-6,8-11H,1,4,7H2,2H3,(H,26,27)/b14-8+. The van der Waals surface area contributed by atoms with Gasteiger partial charge in [-0.2, -0.15) is 5.26 Å². The molecule has 0 aliphatic heterocycles. The van der Waals surface area contributed by atoms with E-state index in [4.69, 9.17) is 32.7 Å². The lowest BCUT2D eigenvalue weighted by Crippen LogP contribution is -2.13. The van der Waals surface area contributed by atoms with Crippen LogP contribution >= 0.6 is 39.1 Å². The molecule has 2 aromatic rings. The minimum atomic E-state index is -0.581. The van der Waals surface area contributed by atoms with Gasteiger partial charge in [0.05, 0.1) is 16.7 Å². The molecule has 5 nitrogen and oxygen atoms in total. The van der Waals surface area contributed by atoms with E-state index in [1.165, 1.54) is 12.1 Å². The van der Waals surface area contributed by atoms with Gasteiger partial charge in [-0.15, -0.1) is 0 Å². The van der Waals surface area contributed by atoms with Crippen LogP contribution in [-0.2, 0) is 4.79 Å². The Labute approximate surface area is 187 Å². The minimum Gasteiger partial charge on any atom is -0.490 e. The first kappa shape index (κ1) is 22.8. The molecule has 1 amide bonds. The van der Waals surface area contributed by atoms with Crippen molar-refractivity contribution < 1.29 is 14.3 Å². The first-order valence-electron chi connectivity index (χ1n) is 8.47. The van der Waals surface area contributed by atoms with Crippen molar-refractivity contribution in [2.45, 2.75) is 6.92 Å². The Kier molecular flexibility index (Phi) is 8.59. The van der Waals surface area contributed by atoms with Crippen LogP contribution in [0.1, 0.15) is 12.5 Å². The number of amides is 1. The molecule has 0 aliphatic carbocycles. The third kappa shape index (κ3) is 6.26. The molecular weight excluding hydrogens is 479 g/mol. The molecule has 2 rings (SSSR count). The number of halogens is 3. The van der Waals surface area contributed by atoms with Crippen molar-refractivity contribution >= 4 is 56.8 Å². The molecule has 0 aromatic heterocycles. The molecule has 0 saturated carbocycles. The Morgan fingerprint density at radius 3 is 2.59 bits per heavy atom. The highest BCUT2D eigenvalue weighted by Crippen LogP contribution is 2.35. The van der Waals surface area contributed by atoms with Crippen LogP contribution in [0.2, 0.25) is 10.0 Å². The number of nitrogens with one attached hydrogen (secondary N) is 1. The highest BCUT2D eigenvalue weighted by molar-refractivity contribution is 9.10. The molecule has 1 N–H and O–H groups in total. The van der Waals surface area contributed by atoms with Crippen molar-refractivity contribution in [3.63, 3.8) is 0 Å². The molecule has 29 heavy (non-hydrogen) atoms. The Bertz CT molecular complexity index is 1000. The van der Waals surface area contributed by atoms with Crippen LogP contribution in [0.15, 0.2) is 53.0 Å². The van der Waals surface area contributed by atoms with Crippen LogP contribution in [0, 0.1) is 11.3 Å². The molecule has 150 valence electrons. The largest absolute Gasteiger partial charge is 0.490 e. The number of nitriles is 1. The fourth-order valence-corrected chi connectivity index (χ4v) is 3.00. The molecule has 0 bridgehead atoms. The third-order valence-corrected chi connectivity index (χ3v) is 4.99. The molecule has 0 unspecified atom stereocenters. The van der Waals surface area contributed by atoms with E-state index in [9.17, 15) is 10.1 Å². The average Bonchev–Trinajstić information content (AvgIpc) is 2.69. The zero-order valence-electron chi connectivity index (χ0n) is 15.5. The van der Waals surface area contributed by atoms with Gasteiger partial charge in [0.2, 0.25) is 0 Å². The molecular formula is C21H17BrCl2N2O3. The number of ether oxygens (including phenoxy) is 2. The maximum atomic E-state index is 12.5. The maximum absolute atomic E-state index is 12.5. The van der Waals surface area contributed by atoms with Crippen molar-refractivity contribution in [2.24, 2.45) is 0 Å². The van der Waals surface area contributed by atoms with Gasteiger partial charge < -0.3 is 14.8 Å². The SMILES string of the molecule is C=CCOc1cc(Br)c(/C=C(\C#N)C(=O)Nc2ccc(Cl)c(Cl)c2)cc1OCC. The van der Waals surface area contributed by atoms with Gasteiger partial charge in [0.25, 0.3) is 5.91 Å². The second-order valence-corrected chi connectivity index (χ2v) is 7.27. The van der Waals surface area contributed by atoms with Gasteiger partial charge in [0.15, 0.2) is 11.5 Å². The summed E-state index contributed by atoms with van der Waals surface area (Å²) in [4.78, 5) is 12.5. The first-order valence-corrected chi connectivity index (χ1v) is 10.0. The number of nitrogens with zero attached hydrogens (tertiary/aromatic N) is 1. The zero-order valence-corrected chi connectivity index (χ0v) is 18.6. The lowest BCUT2D eigenvalue weighted by Gasteiger charge is -2.13. The summed E-state index contributed by atoms with van der Waals surface area (Å²) in [6.07, 6.45) is 3.08. The molecule has 0 heterocycles. The van der Waals surface area contributed by atoms with E-state index in [-0.39, 0.29) is 5.57 Å². The van der Waals surface area contributed by atoms with E-state index in [1.54, 1.807) is 30.3 Å². The summed E-state index contributed by atoms with van der Waals surface area (Å²) in [5.74, 6) is 0.434. The van der Waals surface area contributed by atoms with Gasteiger partial charge in [-0.3, -0.25) is 4.79 Å². The van der Waals surface area contributed by atoms with Crippen LogP contribution in [0.5, 0.6) is 11.5 Å². The van der Waals surface area contributed by atoms with Gasteiger partial charge in [0, 0.05) is 10.2 Å². The van der Waals surface area contributed by atoms with Crippen LogP contribution in [0.4, 0.5) is 5.69 Å². The average molecular weight is 496 g/mol. The van der Waals surface area contributed by atoms with Crippen LogP contribution in [0.25, 0.3) is 6.08 Å². The van der Waals surface area contributed by atoms with Crippen molar-refractivity contribution in [1.82, 2.24) is 0 Å². The molecule has 8 heteroatoms. The summed E-state index contributed by atoms with van der Waals surface area (Å²) >= 11 is 15.3. The number of carbonyl (C=O) groups is 1. The van der Waals surface area contributed by atoms with Crippen molar-refractivity contribution in [1.29, 1.82) is 5.26 Å². The van der Waals surface area contributed by atoms with Gasteiger partial charge in [0.1, 0.15) is 18.2 Å². The summed E-state index contributed by atoms with van der Waals surface area (Å²) in [5.41, 5.74) is 0.909. The normalized spacial score (nSPS) is 10.8. The summed E-state index contributed by atoms with van der Waals surface area (Å²) in [6.45, 7) is 6.22. The predicted molar refractivity (Wildman–Crippen MR) is 120 cm³/mol. The Morgan fingerprint density at radius 1 is 1.24 bits per heavy atom. The van der Waals surface area contributed by atoms with Gasteiger partial charge >= 0.3 is 0 Å². The van der Waals surface area contributed by atoms with E-state index >= 15 is 0 Å². The number of carbonyl (C=O) groups excluding carboxylic acids is 1. The topological polar surface area (TPSA) is 71.3 Å². The van der Waals surface area contributed by atoms with Crippen molar-refractivity contribution in [3.05, 3.63) is 68.6 Å². The lowest BCUT2D eigenvalue weighted by atomic mass is 10.1. The number of benzene rings is 2. The van der Waals surface area contributed by atoms with Crippen LogP contribution in [0.3, 0.4) is 0 Å². The lowest BCUT2D eigenvalue weighted by molar-refractivity contribution is -0.112. The Hall–Kier alpha value is -2.46. The summed E-state index contributed by atoms with van der Waals surface area (Å²) in [5, 5.41) is 12.7. The predicted octanol–water partition coefficient (Wildman–Crippen LogP) is 6.27. The number of hydrogen-bond acceptors (Lipinski definition) is 4. The first-order chi connectivity index (χ1) is 13.9. The van der Waals surface area contributed by atoms with Gasteiger partial charge in [-0.05, 0) is 48.9 Å². The summed E-state index contributed by atoms with van der Waals surface area (Å²) in [7, 11) is 0. The third-order valence-electron chi connectivity index (χ3n) is 3.56. The number of anilines is 1. The maximum Gasteiger partial charge on any atom is 0.266 e. The highest BCUT2D eigenvalue weighted by Gasteiger charge is 2.14. The second-order valence-electron chi connectivity index (χ2n) is 5.61. The molecule has 0 saturated heterocycles. The molecule has 0 radical (unpaired) electrons. The second kappa shape index (κ2) is 10.9. The highest BCUT2D eigenvalue weighted by atomic mass is 79.9. The smallest absolute Gasteiger partial charge is 0.266 e. The van der Waals surface area contributed by atoms with Gasteiger partial charge in [-0.1, -0.05) is 51.8 Å². The molecule has 0 aliphatic rings. The Balaban J connectivity index is 2.34. The fourth-order valence-electron chi connectivity index (χ4n) is 2.27. The van der Waals surface area contributed by atoms with Crippen molar-refractivity contribution in [3.8, 4) is 17.6 Å². The van der Waals surface area contributed by atoms with Gasteiger partial charge in [-0.25, -0.2) is 0 Å². The molecule has 0 atom stereocenters. The van der Waals surface area contributed by atoms with E-state index < -0.39 is 5.91 Å². The summed E-state index contributed by atoms with van der Waals surface area (Å²) < 4.78 is 11.8. The zero-order chi connectivity index (χ0) is 21.4. The van der Waals surface area contributed by atoms with E-state index in [1.807, 2.05) is 13.0 Å². The monoisotopic (exact) mass is 494 g/mol. The molecule has 2 aromatic carbocycles. The Morgan fingerprint density at radius 2 is 1.97 bits per heavy atom. The van der Waals surface area contributed by atoms with E-state index in [0.717, 1.165) is 0 Å². The summed E-state index contributed by atoms with van der Waals surface area (Å²) in [6, 6.07) is 9.97. The minimum absolute atomic E-state index is 0.0982. The van der Waals surface area contributed by atoms with E-state index in [0.29, 0.717) is 50.5 Å². The van der Waals surface area contributed by atoms with Crippen LogP contribution in [-0.4, -0.2) is 19.1 Å². The van der Waals surface area contributed by atoms with E-state index in [2.05, 4.69) is 27.8 Å². The van der Waals surface area contributed by atoms with Crippen LogP contribution < -0.4 is 14.8 Å². The molecule has 0 fully saturated rings. The molecule has 0 spiro atoms. The number of hydrogen-bond donors (Lipinski definition) is 1. The number of rotatable bonds is 8. The fraction of sp³-hybridized carbons (Fsp3) is 0.143. The van der Waals surface area contributed by atoms with Crippen molar-refractivity contribution in [2.75, 3.05) is 18.5 Å².